The fraction of sp³-hybridized carbons (Fsp3) is 0.250. The second kappa shape index (κ2) is 4.74. The van der Waals surface area contributed by atoms with Crippen LogP contribution in [0.3, 0.4) is 0 Å². The molecule has 1 aromatic carbocycles. The number of anilines is 2. The van der Waals surface area contributed by atoms with E-state index in [-0.39, 0.29) is 19.0 Å². The molecule has 1 aliphatic rings. The molecule has 0 aliphatic carbocycles. The van der Waals surface area contributed by atoms with E-state index in [1.54, 1.807) is 23.1 Å². The highest BCUT2D eigenvalue weighted by Gasteiger charge is 2.27. The molecular weight excluding hydrogens is 230 g/mol. The van der Waals surface area contributed by atoms with Crippen LogP contribution in [0.15, 0.2) is 18.2 Å². The predicted octanol–water partition coefficient (Wildman–Crippen LogP) is 0.492. The van der Waals surface area contributed by atoms with Gasteiger partial charge in [-0.1, -0.05) is 6.07 Å². The van der Waals surface area contributed by atoms with E-state index in [1.165, 1.54) is 0 Å². The number of carbonyl (C=O) groups is 1. The van der Waals surface area contributed by atoms with Crippen LogP contribution >= 0.6 is 0 Å². The van der Waals surface area contributed by atoms with Gasteiger partial charge in [-0.15, -0.1) is 0 Å². The molecule has 0 saturated carbocycles. The van der Waals surface area contributed by atoms with Crippen molar-refractivity contribution < 1.29 is 4.79 Å². The van der Waals surface area contributed by atoms with Gasteiger partial charge >= 0.3 is 0 Å². The first-order valence-corrected chi connectivity index (χ1v) is 5.36. The minimum atomic E-state index is -0.644. The van der Waals surface area contributed by atoms with Crippen LogP contribution in [0.2, 0.25) is 0 Å². The molecule has 0 radical (unpaired) electrons. The number of nitrogens with two attached hydrogens (primary N) is 1. The highest BCUT2D eigenvalue weighted by molar-refractivity contribution is 6.02. The van der Waals surface area contributed by atoms with Crippen LogP contribution in [0, 0.1) is 22.7 Å². The molecule has 18 heavy (non-hydrogen) atoms. The fourth-order valence-electron chi connectivity index (χ4n) is 1.88. The van der Waals surface area contributed by atoms with E-state index in [2.05, 4.69) is 5.32 Å². The summed E-state index contributed by atoms with van der Waals surface area (Å²) in [6.07, 6.45) is 0. The van der Waals surface area contributed by atoms with Crippen LogP contribution in [0.4, 0.5) is 11.4 Å². The van der Waals surface area contributed by atoms with E-state index in [4.69, 9.17) is 16.3 Å². The third kappa shape index (κ3) is 1.97. The summed E-state index contributed by atoms with van der Waals surface area (Å²) in [6, 6.07) is 8.59. The Morgan fingerprint density at radius 1 is 1.33 bits per heavy atom. The first-order valence-electron chi connectivity index (χ1n) is 5.36. The number of nitriles is 2. The first-order chi connectivity index (χ1) is 8.67. The molecule has 1 aliphatic heterocycles. The van der Waals surface area contributed by atoms with E-state index in [0.29, 0.717) is 11.4 Å². The number of amides is 1. The average Bonchev–Trinajstić information content (AvgIpc) is 2.64. The molecule has 0 spiro atoms. The summed E-state index contributed by atoms with van der Waals surface area (Å²) in [6.45, 7) is 0.235. The van der Waals surface area contributed by atoms with Gasteiger partial charge in [0.1, 0.15) is 19.1 Å². The van der Waals surface area contributed by atoms with Gasteiger partial charge in [0, 0.05) is 16.9 Å². The average molecular weight is 241 g/mol. The Morgan fingerprint density at radius 2 is 2.00 bits per heavy atom. The van der Waals surface area contributed by atoms with Crippen LogP contribution < -0.4 is 16.0 Å². The lowest BCUT2D eigenvalue weighted by Crippen LogP contribution is -2.23. The van der Waals surface area contributed by atoms with E-state index in [1.807, 2.05) is 12.1 Å². The van der Waals surface area contributed by atoms with Gasteiger partial charge in [0.15, 0.2) is 0 Å². The maximum absolute atomic E-state index is 11.4. The van der Waals surface area contributed by atoms with Crippen LogP contribution in [0.5, 0.6) is 0 Å². The van der Waals surface area contributed by atoms with Gasteiger partial charge in [-0.2, -0.15) is 10.5 Å². The number of rotatable bonds is 3. The molecular formula is C12H11N5O. The lowest BCUT2D eigenvalue weighted by molar-refractivity contribution is -0.116. The van der Waals surface area contributed by atoms with Gasteiger partial charge in [-0.05, 0) is 12.1 Å². The van der Waals surface area contributed by atoms with Crippen molar-refractivity contribution in [1.82, 2.24) is 0 Å². The van der Waals surface area contributed by atoms with Gasteiger partial charge < -0.3 is 16.0 Å². The topological polar surface area (TPSA) is 106 Å². The van der Waals surface area contributed by atoms with Crippen LogP contribution in [0.25, 0.3) is 0 Å². The zero-order valence-electron chi connectivity index (χ0n) is 9.55. The highest BCUT2D eigenvalue weighted by atomic mass is 16.2. The van der Waals surface area contributed by atoms with Crippen molar-refractivity contribution >= 4 is 17.3 Å². The van der Waals surface area contributed by atoms with Crippen molar-refractivity contribution in [2.24, 2.45) is 5.73 Å². The summed E-state index contributed by atoms with van der Waals surface area (Å²) in [5.41, 5.74) is 7.80. The monoisotopic (exact) mass is 241 g/mol. The number of hydrogen-bond acceptors (Lipinski definition) is 5. The normalized spacial score (nSPS) is 16.4. The molecule has 1 amide bonds. The Kier molecular flexibility index (Phi) is 3.13. The Morgan fingerprint density at radius 3 is 2.61 bits per heavy atom. The maximum atomic E-state index is 11.4. The second-order valence-corrected chi connectivity index (χ2v) is 3.91. The highest BCUT2D eigenvalue weighted by Crippen LogP contribution is 2.32. The fourth-order valence-corrected chi connectivity index (χ4v) is 1.88. The van der Waals surface area contributed by atoms with Crippen LogP contribution in [-0.4, -0.2) is 19.0 Å². The van der Waals surface area contributed by atoms with Gasteiger partial charge in [0.2, 0.25) is 5.91 Å². The van der Waals surface area contributed by atoms with Gasteiger partial charge in [-0.25, -0.2) is 0 Å². The van der Waals surface area contributed by atoms with E-state index >= 15 is 0 Å². The van der Waals surface area contributed by atoms with E-state index in [0.717, 1.165) is 5.56 Å². The van der Waals surface area contributed by atoms with Crippen LogP contribution in [0.1, 0.15) is 11.6 Å². The number of fused-ring (bicyclic) bond motifs is 1. The molecule has 2 rings (SSSR count). The Labute approximate surface area is 104 Å². The third-order valence-corrected chi connectivity index (χ3v) is 2.80. The zero-order chi connectivity index (χ0) is 13.1. The Balaban J connectivity index is 2.33. The third-order valence-electron chi connectivity index (χ3n) is 2.80. The molecule has 90 valence electrons. The number of benzene rings is 1. The number of nitrogens with one attached hydrogen (secondary N) is 1. The van der Waals surface area contributed by atoms with Crippen molar-refractivity contribution in [3.05, 3.63) is 23.8 Å². The minimum Gasteiger partial charge on any atom is -0.345 e. The molecule has 1 unspecified atom stereocenters. The largest absolute Gasteiger partial charge is 0.345 e. The minimum absolute atomic E-state index is 0.117. The molecule has 3 N–H and O–H groups in total. The van der Waals surface area contributed by atoms with Gasteiger partial charge in [0.25, 0.3) is 0 Å². The molecule has 0 aromatic heterocycles. The molecule has 1 aromatic rings. The lowest BCUT2D eigenvalue weighted by Gasteiger charge is -2.18. The SMILES string of the molecule is N#CCN(CC#N)c1ccc2c(c1)NC(=O)C2N. The molecule has 1 atom stereocenters. The summed E-state index contributed by atoms with van der Waals surface area (Å²) >= 11 is 0. The summed E-state index contributed by atoms with van der Waals surface area (Å²) in [5, 5.41) is 20.1. The van der Waals surface area contributed by atoms with E-state index < -0.39 is 6.04 Å². The van der Waals surface area contributed by atoms with Crippen molar-refractivity contribution in [2.45, 2.75) is 6.04 Å². The molecule has 0 saturated heterocycles. The van der Waals surface area contributed by atoms with Crippen LogP contribution in [-0.2, 0) is 4.79 Å². The summed E-state index contributed by atoms with van der Waals surface area (Å²) in [7, 11) is 0. The molecule has 0 fully saturated rings. The number of nitrogens with zero attached hydrogens (tertiary/aromatic N) is 3. The Hall–Kier alpha value is -2.57. The molecule has 0 bridgehead atoms. The first kappa shape index (κ1) is 11.9. The number of hydrogen-bond donors (Lipinski definition) is 2. The lowest BCUT2D eigenvalue weighted by atomic mass is 10.1. The van der Waals surface area contributed by atoms with Crippen molar-refractivity contribution in [3.63, 3.8) is 0 Å². The van der Waals surface area contributed by atoms with E-state index in [9.17, 15) is 4.79 Å². The smallest absolute Gasteiger partial charge is 0.245 e. The van der Waals surface area contributed by atoms with Crippen molar-refractivity contribution in [2.75, 3.05) is 23.3 Å². The summed E-state index contributed by atoms with van der Waals surface area (Å²) in [5.74, 6) is -0.241. The quantitative estimate of drug-likeness (QED) is 0.749. The van der Waals surface area contributed by atoms with Gasteiger partial charge in [-0.3, -0.25) is 4.79 Å². The molecule has 6 heteroatoms. The number of carbonyl (C=O) groups excluding carboxylic acids is 1. The van der Waals surface area contributed by atoms with Crippen molar-refractivity contribution in [1.29, 1.82) is 10.5 Å². The molecule has 1 heterocycles. The molecule has 6 nitrogen and oxygen atoms in total. The van der Waals surface area contributed by atoms with Crippen molar-refractivity contribution in [3.8, 4) is 12.1 Å². The summed E-state index contributed by atoms with van der Waals surface area (Å²) < 4.78 is 0. The maximum Gasteiger partial charge on any atom is 0.245 e. The van der Waals surface area contributed by atoms with Gasteiger partial charge in [0.05, 0.1) is 12.1 Å². The second-order valence-electron chi connectivity index (χ2n) is 3.91. The standard InChI is InChI=1S/C12H11N5O/c13-3-5-17(6-4-14)8-1-2-9-10(7-8)16-12(18)11(9)15/h1-2,7,11H,5-6,15H2,(H,16,18). The Bertz CT molecular complexity index is 553. The predicted molar refractivity (Wildman–Crippen MR) is 65.4 cm³/mol. The zero-order valence-corrected chi connectivity index (χ0v) is 9.55. The summed E-state index contributed by atoms with van der Waals surface area (Å²) in [4.78, 5) is 13.0.